The quantitative estimate of drug-likeness (QED) is 0.703. The van der Waals surface area contributed by atoms with Crippen LogP contribution in [-0.4, -0.2) is 34.6 Å². The summed E-state index contributed by atoms with van der Waals surface area (Å²) in [5, 5.41) is 3.13. The summed E-state index contributed by atoms with van der Waals surface area (Å²) in [4.78, 5) is 28.3. The molecule has 0 bridgehead atoms. The van der Waals surface area contributed by atoms with Crippen LogP contribution in [0.3, 0.4) is 0 Å². The first-order valence-electron chi connectivity index (χ1n) is 10.3. The summed E-state index contributed by atoms with van der Waals surface area (Å²) in [6.45, 7) is 0. The van der Waals surface area contributed by atoms with E-state index < -0.39 is 6.04 Å². The molecule has 2 unspecified atom stereocenters. The van der Waals surface area contributed by atoms with Gasteiger partial charge in [0.1, 0.15) is 17.2 Å². The van der Waals surface area contributed by atoms with Crippen LogP contribution in [0.1, 0.15) is 53.4 Å². The summed E-state index contributed by atoms with van der Waals surface area (Å²) in [7, 11) is 0. The van der Waals surface area contributed by atoms with Gasteiger partial charge in [-0.3, -0.25) is 9.59 Å². The van der Waals surface area contributed by atoms with Crippen molar-refractivity contribution in [1.29, 1.82) is 0 Å². The Morgan fingerprint density at radius 1 is 1.03 bits per heavy atom. The molecule has 2 atom stereocenters. The second kappa shape index (κ2) is 9.40. The van der Waals surface area contributed by atoms with Crippen molar-refractivity contribution >= 4 is 35.2 Å². The lowest BCUT2D eigenvalue weighted by Crippen LogP contribution is -2.50. The fraction of sp³-hybridized carbons (Fsp3) is 0.391. The number of halogens is 2. The molecule has 4 nitrogen and oxygen atoms in total. The summed E-state index contributed by atoms with van der Waals surface area (Å²) in [6, 6.07) is 12.5. The number of carbonyl (C=O) groups excluding carboxylic acids is 2. The molecule has 4 rings (SSSR count). The maximum Gasteiger partial charge on any atom is 0.257 e. The minimum Gasteiger partial charge on any atom is -0.352 e. The summed E-state index contributed by atoms with van der Waals surface area (Å²) in [5.74, 6) is -0.267. The summed E-state index contributed by atoms with van der Waals surface area (Å²) >= 11 is 7.81. The minimum atomic E-state index is -0.601. The Morgan fingerprint density at radius 3 is 2.43 bits per heavy atom. The van der Waals surface area contributed by atoms with Crippen molar-refractivity contribution < 1.29 is 14.0 Å². The van der Waals surface area contributed by atoms with Crippen molar-refractivity contribution in [2.45, 2.75) is 49.6 Å². The standard InChI is InChI=1S/C23H24ClFN2O2S/c24-19-9-5-4-8-18(19)22(29)27-20(21(28)26-17-6-2-1-3-7-17)14-30-23(27)15-10-12-16(25)13-11-15/h4-5,8-13,17,20,23H,1-3,6-7,14H2,(H,26,28). The molecule has 2 amide bonds. The van der Waals surface area contributed by atoms with Crippen LogP contribution < -0.4 is 5.32 Å². The van der Waals surface area contributed by atoms with Crippen molar-refractivity contribution in [1.82, 2.24) is 10.2 Å². The highest BCUT2D eigenvalue weighted by Crippen LogP contribution is 2.43. The molecular weight excluding hydrogens is 423 g/mol. The largest absolute Gasteiger partial charge is 0.352 e. The van der Waals surface area contributed by atoms with Gasteiger partial charge in [0.15, 0.2) is 0 Å². The van der Waals surface area contributed by atoms with Crippen LogP contribution in [0.2, 0.25) is 5.02 Å². The average Bonchev–Trinajstić information content (AvgIpc) is 3.20. The third kappa shape index (κ3) is 4.49. The molecule has 1 heterocycles. The Balaban J connectivity index is 1.63. The van der Waals surface area contributed by atoms with Crippen molar-refractivity contribution in [3.63, 3.8) is 0 Å². The number of thioether (sulfide) groups is 1. The molecule has 0 aromatic heterocycles. The predicted molar refractivity (Wildman–Crippen MR) is 118 cm³/mol. The van der Waals surface area contributed by atoms with Gasteiger partial charge in [-0.05, 0) is 42.7 Å². The molecule has 0 radical (unpaired) electrons. The Morgan fingerprint density at radius 2 is 1.73 bits per heavy atom. The molecular formula is C23H24ClFN2O2S. The number of hydrogen-bond acceptors (Lipinski definition) is 3. The van der Waals surface area contributed by atoms with Crippen LogP contribution in [0.15, 0.2) is 48.5 Å². The summed E-state index contributed by atoms with van der Waals surface area (Å²) in [5.41, 5.74) is 1.15. The van der Waals surface area contributed by atoms with Gasteiger partial charge < -0.3 is 10.2 Å². The second-order valence-corrected chi connectivity index (χ2v) is 9.31. The van der Waals surface area contributed by atoms with Crippen LogP contribution >= 0.6 is 23.4 Å². The van der Waals surface area contributed by atoms with E-state index in [4.69, 9.17) is 11.6 Å². The van der Waals surface area contributed by atoms with Crippen LogP contribution in [0, 0.1) is 5.82 Å². The van der Waals surface area contributed by atoms with Gasteiger partial charge in [-0.25, -0.2) is 4.39 Å². The monoisotopic (exact) mass is 446 g/mol. The zero-order valence-electron chi connectivity index (χ0n) is 16.5. The topological polar surface area (TPSA) is 49.4 Å². The van der Waals surface area contributed by atoms with Crippen molar-refractivity contribution in [2.75, 3.05) is 5.75 Å². The van der Waals surface area contributed by atoms with Crippen LogP contribution in [0.25, 0.3) is 0 Å². The fourth-order valence-electron chi connectivity index (χ4n) is 4.16. The molecule has 1 saturated heterocycles. The molecule has 0 spiro atoms. The van der Waals surface area contributed by atoms with Crippen LogP contribution in [0.4, 0.5) is 4.39 Å². The van der Waals surface area contributed by atoms with Gasteiger partial charge in [-0.2, -0.15) is 0 Å². The van der Waals surface area contributed by atoms with Gasteiger partial charge in [0.05, 0.1) is 10.6 Å². The summed E-state index contributed by atoms with van der Waals surface area (Å²) < 4.78 is 13.4. The lowest BCUT2D eigenvalue weighted by atomic mass is 9.95. The number of nitrogens with zero attached hydrogens (tertiary/aromatic N) is 1. The molecule has 158 valence electrons. The number of nitrogens with one attached hydrogen (secondary N) is 1. The average molecular weight is 447 g/mol. The zero-order chi connectivity index (χ0) is 21.1. The molecule has 1 aliphatic heterocycles. The highest BCUT2D eigenvalue weighted by atomic mass is 35.5. The van der Waals surface area contributed by atoms with Crippen LogP contribution in [-0.2, 0) is 4.79 Å². The van der Waals surface area contributed by atoms with Crippen molar-refractivity contribution in [3.8, 4) is 0 Å². The van der Waals surface area contributed by atoms with E-state index in [1.54, 1.807) is 41.3 Å². The Kier molecular flexibility index (Phi) is 6.64. The highest BCUT2D eigenvalue weighted by Gasteiger charge is 2.43. The zero-order valence-corrected chi connectivity index (χ0v) is 18.1. The number of hydrogen-bond donors (Lipinski definition) is 1. The maximum absolute atomic E-state index is 13.5. The van der Waals surface area contributed by atoms with Gasteiger partial charge in [-0.1, -0.05) is 55.1 Å². The van der Waals surface area contributed by atoms with Crippen molar-refractivity contribution in [3.05, 3.63) is 70.5 Å². The van der Waals surface area contributed by atoms with Crippen LogP contribution in [0.5, 0.6) is 0 Å². The summed E-state index contributed by atoms with van der Waals surface area (Å²) in [6.07, 6.45) is 5.39. The van der Waals surface area contributed by atoms with Gasteiger partial charge in [-0.15, -0.1) is 11.8 Å². The van der Waals surface area contributed by atoms with E-state index in [2.05, 4.69) is 5.32 Å². The normalized spacial score (nSPS) is 22.1. The number of carbonyl (C=O) groups is 2. The molecule has 2 aromatic carbocycles. The first kappa shape index (κ1) is 21.2. The van der Waals surface area contributed by atoms with Gasteiger partial charge in [0.25, 0.3) is 5.91 Å². The molecule has 1 N–H and O–H groups in total. The number of rotatable bonds is 4. The lowest BCUT2D eigenvalue weighted by Gasteiger charge is -2.31. The Bertz CT molecular complexity index is 918. The van der Waals surface area contributed by atoms with E-state index in [9.17, 15) is 14.0 Å². The molecule has 7 heteroatoms. The van der Waals surface area contributed by atoms with E-state index in [1.807, 2.05) is 0 Å². The molecule has 1 aliphatic carbocycles. The third-order valence-corrected chi connectivity index (χ3v) is 7.40. The van der Waals surface area contributed by atoms with E-state index in [1.165, 1.54) is 30.3 Å². The first-order chi connectivity index (χ1) is 14.5. The smallest absolute Gasteiger partial charge is 0.257 e. The first-order valence-corrected chi connectivity index (χ1v) is 11.7. The van der Waals surface area contributed by atoms with E-state index in [0.29, 0.717) is 16.3 Å². The second-order valence-electron chi connectivity index (χ2n) is 7.79. The molecule has 1 saturated carbocycles. The SMILES string of the molecule is O=C(NC1CCCCC1)C1CSC(c2ccc(F)cc2)N1C(=O)c1ccccc1Cl. The Labute approximate surface area is 185 Å². The van der Waals surface area contributed by atoms with Gasteiger partial charge in [0.2, 0.25) is 5.91 Å². The number of benzene rings is 2. The highest BCUT2D eigenvalue weighted by molar-refractivity contribution is 7.99. The molecule has 2 aromatic rings. The van der Waals surface area contributed by atoms with Gasteiger partial charge in [0, 0.05) is 11.8 Å². The molecule has 2 aliphatic rings. The van der Waals surface area contributed by atoms with E-state index in [0.717, 1.165) is 31.2 Å². The van der Waals surface area contributed by atoms with E-state index in [-0.39, 0.29) is 29.0 Å². The third-order valence-electron chi connectivity index (χ3n) is 5.75. The molecule has 2 fully saturated rings. The predicted octanol–water partition coefficient (Wildman–Crippen LogP) is 5.18. The molecule has 30 heavy (non-hydrogen) atoms. The fourth-order valence-corrected chi connectivity index (χ4v) is 5.80. The maximum atomic E-state index is 13.5. The van der Waals surface area contributed by atoms with Gasteiger partial charge >= 0.3 is 0 Å². The van der Waals surface area contributed by atoms with E-state index >= 15 is 0 Å². The minimum absolute atomic E-state index is 0.126. The number of amides is 2. The Hall–Kier alpha value is -2.05. The van der Waals surface area contributed by atoms with Crippen molar-refractivity contribution in [2.24, 2.45) is 0 Å². The lowest BCUT2D eigenvalue weighted by molar-refractivity contribution is -0.125.